The van der Waals surface area contributed by atoms with Crippen molar-refractivity contribution in [1.82, 2.24) is 0 Å². The Morgan fingerprint density at radius 3 is 1.68 bits per heavy atom. The normalized spacial score (nSPS) is 14.1. The third kappa shape index (κ3) is 14.5. The predicted octanol–water partition coefficient (Wildman–Crippen LogP) is 13.4. The van der Waals surface area contributed by atoms with Gasteiger partial charge in [0.05, 0.1) is 46.8 Å². The lowest BCUT2D eigenvalue weighted by atomic mass is 9.93. The van der Waals surface area contributed by atoms with E-state index in [1.807, 2.05) is 68.4 Å². The van der Waals surface area contributed by atoms with Gasteiger partial charge in [-0.05, 0) is 56.2 Å². The molecule has 0 saturated heterocycles. The summed E-state index contributed by atoms with van der Waals surface area (Å²) in [6.45, 7) is 15.3. The van der Waals surface area contributed by atoms with Crippen LogP contribution in [-0.4, -0.2) is 58.8 Å². The topological polar surface area (TPSA) is 109 Å². The molecular formula is C54H73FO11. The van der Waals surface area contributed by atoms with E-state index in [2.05, 4.69) is 27.7 Å². The molecule has 0 aromatic heterocycles. The maximum absolute atomic E-state index is 16.7. The van der Waals surface area contributed by atoms with Gasteiger partial charge in [0.1, 0.15) is 35.5 Å². The van der Waals surface area contributed by atoms with Crippen LogP contribution in [0.15, 0.2) is 60.7 Å². The van der Waals surface area contributed by atoms with Gasteiger partial charge in [-0.15, -0.1) is 0 Å². The number of methoxy groups -OCH3 is 1. The molecule has 4 aromatic rings. The van der Waals surface area contributed by atoms with Gasteiger partial charge in [-0.3, -0.25) is 0 Å². The van der Waals surface area contributed by atoms with Gasteiger partial charge in [-0.25, -0.2) is 9.18 Å². The number of esters is 1. The minimum Gasteiger partial charge on any atom is -0.493 e. The molecule has 0 aliphatic carbocycles. The first-order chi connectivity index (χ1) is 32.3. The van der Waals surface area contributed by atoms with E-state index in [4.69, 9.17) is 47.4 Å². The maximum atomic E-state index is 16.7. The van der Waals surface area contributed by atoms with Crippen molar-refractivity contribution in [2.75, 3.05) is 46.8 Å². The van der Waals surface area contributed by atoms with Crippen LogP contribution in [0, 0.1) is 5.82 Å². The van der Waals surface area contributed by atoms with Gasteiger partial charge >= 0.3 is 5.97 Å². The van der Waals surface area contributed by atoms with Crippen molar-refractivity contribution in [2.24, 2.45) is 0 Å². The highest BCUT2D eigenvalue weighted by molar-refractivity contribution is 5.92. The fraction of sp³-hybridized carbons (Fsp3) is 0.537. The van der Waals surface area contributed by atoms with Crippen LogP contribution in [0.2, 0.25) is 0 Å². The lowest BCUT2D eigenvalue weighted by Crippen LogP contribution is -2.35. The molecule has 1 heterocycles. The van der Waals surface area contributed by atoms with Crippen molar-refractivity contribution in [3.05, 3.63) is 88.7 Å². The molecule has 12 heteroatoms. The number of rotatable bonds is 31. The number of unbranched alkanes of at least 4 members (excludes halogenated alkanes) is 6. The molecule has 66 heavy (non-hydrogen) atoms. The summed E-state index contributed by atoms with van der Waals surface area (Å²) in [4.78, 5) is 14.6. The molecule has 1 aliphatic rings. The minimum absolute atomic E-state index is 0.106. The zero-order valence-corrected chi connectivity index (χ0v) is 40.4. The minimum atomic E-state index is -1.00. The largest absolute Gasteiger partial charge is 0.493 e. The number of fused-ring (bicyclic) bond motifs is 1. The highest BCUT2D eigenvalue weighted by Crippen LogP contribution is 2.48. The maximum Gasteiger partial charge on any atom is 0.341 e. The lowest BCUT2D eigenvalue weighted by Gasteiger charge is -2.35. The summed E-state index contributed by atoms with van der Waals surface area (Å²) in [5.74, 6) is 1.31. The van der Waals surface area contributed by atoms with Gasteiger partial charge < -0.3 is 47.4 Å². The number of carbonyl (C=O) groups is 1. The smallest absolute Gasteiger partial charge is 0.341 e. The standard InChI is InChI=1S/C54H73FO11/c1-8-14-25-58-40-33-43(59-26-15-9-2)41-35-48(66-54(56)42-36-47(61-28-17-11-4)52(63-30-19-13-6)53(57-7)49(42)55)50(65-44(41)34-40)39-31-45(60-27-16-10-3)51(62-29-18-12-5)46(32-39)64-37-38-23-21-20-22-24-38/h20-24,31-34,36,48,50H,8-19,25-30,35,37H2,1-7H3/t48-,50+/m1/s1. The second-order valence-corrected chi connectivity index (χ2v) is 16.5. The summed E-state index contributed by atoms with van der Waals surface area (Å²) >= 11 is 0. The predicted molar refractivity (Wildman–Crippen MR) is 255 cm³/mol. The molecular weight excluding hydrogens is 844 g/mol. The van der Waals surface area contributed by atoms with E-state index in [-0.39, 0.29) is 35.8 Å². The molecule has 5 rings (SSSR count). The molecule has 4 aromatic carbocycles. The van der Waals surface area contributed by atoms with Gasteiger partial charge in [0.15, 0.2) is 29.2 Å². The van der Waals surface area contributed by atoms with E-state index >= 15 is 4.39 Å². The average molecular weight is 917 g/mol. The Hall–Kier alpha value is -5.52. The zero-order chi connectivity index (χ0) is 47.1. The van der Waals surface area contributed by atoms with Crippen molar-refractivity contribution in [1.29, 1.82) is 0 Å². The van der Waals surface area contributed by atoms with E-state index in [1.165, 1.54) is 13.2 Å². The van der Waals surface area contributed by atoms with Crippen molar-refractivity contribution in [2.45, 2.75) is 144 Å². The van der Waals surface area contributed by atoms with Gasteiger partial charge in [0.2, 0.25) is 17.2 Å². The van der Waals surface area contributed by atoms with E-state index in [1.54, 1.807) is 0 Å². The lowest BCUT2D eigenvalue weighted by molar-refractivity contribution is -0.0194. The summed E-state index contributed by atoms with van der Waals surface area (Å²) in [6, 6.07) is 18.7. The van der Waals surface area contributed by atoms with Gasteiger partial charge in [0.25, 0.3) is 0 Å². The van der Waals surface area contributed by atoms with Crippen LogP contribution < -0.4 is 42.6 Å². The van der Waals surface area contributed by atoms with Crippen LogP contribution in [-0.2, 0) is 17.8 Å². The summed E-state index contributed by atoms with van der Waals surface area (Å²) in [5, 5.41) is 0. The second kappa shape index (κ2) is 27.8. The quantitative estimate of drug-likeness (QED) is 0.0355. The van der Waals surface area contributed by atoms with Crippen molar-refractivity contribution in [3.63, 3.8) is 0 Å². The molecule has 11 nitrogen and oxygen atoms in total. The van der Waals surface area contributed by atoms with Crippen molar-refractivity contribution in [3.8, 4) is 51.7 Å². The fourth-order valence-corrected chi connectivity index (χ4v) is 7.19. The first kappa shape index (κ1) is 51.5. The van der Waals surface area contributed by atoms with Crippen LogP contribution in [0.1, 0.15) is 152 Å². The molecule has 0 bridgehead atoms. The van der Waals surface area contributed by atoms with E-state index in [9.17, 15) is 4.79 Å². The first-order valence-electron chi connectivity index (χ1n) is 24.4. The molecule has 0 fully saturated rings. The van der Waals surface area contributed by atoms with Crippen molar-refractivity contribution >= 4 is 5.97 Å². The molecule has 362 valence electrons. The first-order valence-corrected chi connectivity index (χ1v) is 24.4. The Bertz CT molecular complexity index is 2070. The number of hydrogen-bond acceptors (Lipinski definition) is 11. The number of hydrogen-bond donors (Lipinski definition) is 0. The van der Waals surface area contributed by atoms with Gasteiger partial charge in [0, 0.05) is 35.7 Å². The third-order valence-corrected chi connectivity index (χ3v) is 11.1. The van der Waals surface area contributed by atoms with Crippen molar-refractivity contribution < 1.29 is 56.6 Å². The van der Waals surface area contributed by atoms with Crippen LogP contribution >= 0.6 is 0 Å². The second-order valence-electron chi connectivity index (χ2n) is 16.5. The Kier molecular flexibility index (Phi) is 21.7. The molecule has 0 radical (unpaired) electrons. The SMILES string of the molecule is CCCCOc1cc(OCCCC)c2c(c1)O[C@@H](c1cc(OCCCC)c(OCCCC)c(OCc3ccccc3)c1)[C@H](OC(=O)c1cc(OCCCC)c(OCCCC)c(OC)c1F)C2. The number of ether oxygens (including phenoxy) is 10. The molecule has 2 atom stereocenters. The highest BCUT2D eigenvalue weighted by Gasteiger charge is 2.39. The molecule has 1 aliphatic heterocycles. The van der Waals surface area contributed by atoms with Gasteiger partial charge in [-0.1, -0.05) is 110 Å². The van der Waals surface area contributed by atoms with E-state index < -0.39 is 24.0 Å². The molecule has 0 amide bonds. The van der Waals surface area contributed by atoms with E-state index in [0.29, 0.717) is 85.3 Å². The van der Waals surface area contributed by atoms with E-state index in [0.717, 1.165) is 82.6 Å². The van der Waals surface area contributed by atoms with Crippen LogP contribution in [0.4, 0.5) is 4.39 Å². The van der Waals surface area contributed by atoms with Gasteiger partial charge in [-0.2, -0.15) is 0 Å². The summed E-state index contributed by atoms with van der Waals surface area (Å²) < 4.78 is 79.9. The zero-order valence-electron chi connectivity index (χ0n) is 40.4. The summed E-state index contributed by atoms with van der Waals surface area (Å²) in [5.41, 5.74) is 1.90. The Morgan fingerprint density at radius 2 is 1.11 bits per heavy atom. The Labute approximate surface area is 392 Å². The number of halogens is 1. The fourth-order valence-electron chi connectivity index (χ4n) is 7.19. The highest BCUT2D eigenvalue weighted by atomic mass is 19.1. The molecule has 0 spiro atoms. The monoisotopic (exact) mass is 917 g/mol. The van der Waals surface area contributed by atoms with Crippen LogP contribution in [0.5, 0.6) is 51.7 Å². The average Bonchev–Trinajstić information content (AvgIpc) is 3.32. The third-order valence-electron chi connectivity index (χ3n) is 11.1. The summed E-state index contributed by atoms with van der Waals surface area (Å²) in [7, 11) is 1.34. The summed E-state index contributed by atoms with van der Waals surface area (Å²) in [6.07, 6.45) is 8.58. The molecule has 0 saturated carbocycles. The molecule has 0 N–H and O–H groups in total. The van der Waals surface area contributed by atoms with Crippen LogP contribution in [0.25, 0.3) is 0 Å². The number of benzene rings is 4. The molecule has 0 unspecified atom stereocenters. The van der Waals surface area contributed by atoms with Crippen LogP contribution in [0.3, 0.4) is 0 Å². The number of carbonyl (C=O) groups excluding carboxylic acids is 1. The Morgan fingerprint density at radius 1 is 0.591 bits per heavy atom. The Balaban J connectivity index is 1.67.